The zero-order chi connectivity index (χ0) is 13.9. The average Bonchev–Trinajstić information content (AvgIpc) is 2.46. The van der Waals surface area contributed by atoms with Crippen molar-refractivity contribution >= 4 is 23.0 Å². The molecular formula is C16H23N3O. The van der Waals surface area contributed by atoms with Crippen molar-refractivity contribution in [2.75, 3.05) is 22.9 Å². The molecule has 0 atom stereocenters. The molecule has 0 bridgehead atoms. The zero-order valence-electron chi connectivity index (χ0n) is 11.9. The summed E-state index contributed by atoms with van der Waals surface area (Å²) in [6.45, 7) is 1.01. The Bertz CT molecular complexity index is 507. The van der Waals surface area contributed by atoms with Gasteiger partial charge in [0.1, 0.15) is 0 Å². The van der Waals surface area contributed by atoms with Crippen LogP contribution in [0, 0.1) is 5.92 Å². The van der Waals surface area contributed by atoms with E-state index in [1.807, 2.05) is 6.07 Å². The van der Waals surface area contributed by atoms with Crippen LogP contribution in [0.3, 0.4) is 0 Å². The third-order valence-corrected chi connectivity index (χ3v) is 4.48. The van der Waals surface area contributed by atoms with E-state index in [0.717, 1.165) is 35.9 Å². The maximum absolute atomic E-state index is 11.4. The average molecular weight is 273 g/mol. The van der Waals surface area contributed by atoms with Gasteiger partial charge in [0, 0.05) is 18.7 Å². The fourth-order valence-corrected chi connectivity index (χ4v) is 3.24. The molecule has 20 heavy (non-hydrogen) atoms. The lowest BCUT2D eigenvalue weighted by molar-refractivity contribution is -0.116. The van der Waals surface area contributed by atoms with Crippen molar-refractivity contribution in [2.24, 2.45) is 5.92 Å². The molecule has 1 aliphatic heterocycles. The first-order valence-corrected chi connectivity index (χ1v) is 7.68. The lowest BCUT2D eigenvalue weighted by Crippen LogP contribution is -2.21. The third-order valence-electron chi connectivity index (χ3n) is 4.48. The van der Waals surface area contributed by atoms with Gasteiger partial charge in [-0.15, -0.1) is 0 Å². The van der Waals surface area contributed by atoms with Crippen molar-refractivity contribution < 1.29 is 4.79 Å². The van der Waals surface area contributed by atoms with Crippen molar-refractivity contribution in [3.05, 3.63) is 17.7 Å². The molecule has 1 amide bonds. The molecule has 108 valence electrons. The summed E-state index contributed by atoms with van der Waals surface area (Å²) < 4.78 is 0. The van der Waals surface area contributed by atoms with Gasteiger partial charge in [-0.25, -0.2) is 0 Å². The molecule has 0 unspecified atom stereocenters. The number of hydrogen-bond donors (Lipinski definition) is 3. The molecule has 0 saturated heterocycles. The zero-order valence-corrected chi connectivity index (χ0v) is 11.9. The topological polar surface area (TPSA) is 67.1 Å². The first-order valence-electron chi connectivity index (χ1n) is 7.68. The van der Waals surface area contributed by atoms with Crippen LogP contribution in [-0.2, 0) is 11.2 Å². The Balaban J connectivity index is 1.68. The van der Waals surface area contributed by atoms with Crippen molar-refractivity contribution in [2.45, 2.75) is 44.9 Å². The van der Waals surface area contributed by atoms with E-state index < -0.39 is 0 Å². The highest BCUT2D eigenvalue weighted by Crippen LogP contribution is 2.32. The summed E-state index contributed by atoms with van der Waals surface area (Å²) >= 11 is 0. The van der Waals surface area contributed by atoms with E-state index in [2.05, 4.69) is 16.7 Å². The predicted molar refractivity (Wildman–Crippen MR) is 82.9 cm³/mol. The SMILES string of the molecule is Nc1cc2c(cc1NCC1CCCCC1)CCC(=O)N2. The predicted octanol–water partition coefficient (Wildman–Crippen LogP) is 3.15. The number of carbonyl (C=O) groups is 1. The number of carbonyl (C=O) groups excluding carboxylic acids is 1. The fourth-order valence-electron chi connectivity index (χ4n) is 3.24. The monoisotopic (exact) mass is 273 g/mol. The summed E-state index contributed by atoms with van der Waals surface area (Å²) in [5.74, 6) is 0.860. The minimum Gasteiger partial charge on any atom is -0.397 e. The second-order valence-electron chi connectivity index (χ2n) is 6.03. The van der Waals surface area contributed by atoms with Gasteiger partial charge in [-0.1, -0.05) is 19.3 Å². The maximum atomic E-state index is 11.4. The number of aryl methyl sites for hydroxylation is 1. The van der Waals surface area contributed by atoms with E-state index >= 15 is 0 Å². The van der Waals surface area contributed by atoms with E-state index in [0.29, 0.717) is 6.42 Å². The number of benzene rings is 1. The van der Waals surface area contributed by atoms with Crippen LogP contribution >= 0.6 is 0 Å². The maximum Gasteiger partial charge on any atom is 0.224 e. The smallest absolute Gasteiger partial charge is 0.224 e. The molecule has 3 rings (SSSR count). The van der Waals surface area contributed by atoms with Gasteiger partial charge < -0.3 is 16.4 Å². The molecule has 4 N–H and O–H groups in total. The Hall–Kier alpha value is -1.71. The van der Waals surface area contributed by atoms with Gasteiger partial charge in [0.25, 0.3) is 0 Å². The molecule has 1 aliphatic carbocycles. The van der Waals surface area contributed by atoms with Crippen molar-refractivity contribution in [3.8, 4) is 0 Å². The Morgan fingerprint density at radius 3 is 2.80 bits per heavy atom. The van der Waals surface area contributed by atoms with Crippen molar-refractivity contribution in [3.63, 3.8) is 0 Å². The molecule has 0 spiro atoms. The fraction of sp³-hybridized carbons (Fsp3) is 0.562. The van der Waals surface area contributed by atoms with Gasteiger partial charge in [-0.3, -0.25) is 4.79 Å². The number of nitrogens with two attached hydrogens (primary N) is 1. The van der Waals surface area contributed by atoms with Crippen LogP contribution in [0.15, 0.2) is 12.1 Å². The summed E-state index contributed by atoms with van der Waals surface area (Å²) in [5, 5.41) is 6.39. The lowest BCUT2D eigenvalue weighted by Gasteiger charge is -2.24. The Labute approximate surface area is 120 Å². The van der Waals surface area contributed by atoms with Crippen LogP contribution in [0.1, 0.15) is 44.1 Å². The van der Waals surface area contributed by atoms with E-state index in [1.165, 1.54) is 37.7 Å². The molecule has 2 aliphatic rings. The first-order chi connectivity index (χ1) is 9.72. The highest BCUT2D eigenvalue weighted by atomic mass is 16.1. The third kappa shape index (κ3) is 2.89. The van der Waals surface area contributed by atoms with Crippen molar-refractivity contribution in [1.82, 2.24) is 0 Å². The van der Waals surface area contributed by atoms with Gasteiger partial charge in [-0.2, -0.15) is 0 Å². The molecule has 0 aromatic heterocycles. The molecule has 4 nitrogen and oxygen atoms in total. The Morgan fingerprint density at radius 1 is 1.20 bits per heavy atom. The minimum absolute atomic E-state index is 0.0832. The molecule has 1 fully saturated rings. The molecule has 1 aromatic rings. The van der Waals surface area contributed by atoms with Gasteiger partial charge in [0.15, 0.2) is 0 Å². The quantitative estimate of drug-likeness (QED) is 0.741. The molecule has 1 aromatic carbocycles. The van der Waals surface area contributed by atoms with Gasteiger partial charge in [0.2, 0.25) is 5.91 Å². The van der Waals surface area contributed by atoms with E-state index in [-0.39, 0.29) is 5.91 Å². The van der Waals surface area contributed by atoms with Crippen molar-refractivity contribution in [1.29, 1.82) is 0 Å². The van der Waals surface area contributed by atoms with Gasteiger partial charge in [-0.05, 0) is 42.9 Å². The van der Waals surface area contributed by atoms with Crippen LogP contribution < -0.4 is 16.4 Å². The molecule has 4 heteroatoms. The molecule has 1 heterocycles. The summed E-state index contributed by atoms with van der Waals surface area (Å²) in [5.41, 5.74) is 9.90. The normalized spacial score (nSPS) is 19.3. The Morgan fingerprint density at radius 2 is 2.00 bits per heavy atom. The van der Waals surface area contributed by atoms with Crippen LogP contribution in [-0.4, -0.2) is 12.5 Å². The van der Waals surface area contributed by atoms with Gasteiger partial charge in [0.05, 0.1) is 11.4 Å². The summed E-state index contributed by atoms with van der Waals surface area (Å²) in [7, 11) is 0. The highest BCUT2D eigenvalue weighted by Gasteiger charge is 2.18. The second-order valence-corrected chi connectivity index (χ2v) is 6.03. The van der Waals surface area contributed by atoms with E-state index in [9.17, 15) is 4.79 Å². The number of anilines is 3. The minimum atomic E-state index is 0.0832. The number of nitrogens with one attached hydrogen (secondary N) is 2. The Kier molecular flexibility index (Phi) is 3.81. The molecular weight excluding hydrogens is 250 g/mol. The van der Waals surface area contributed by atoms with Crippen LogP contribution in [0.5, 0.6) is 0 Å². The van der Waals surface area contributed by atoms with Crippen LogP contribution in [0.2, 0.25) is 0 Å². The number of fused-ring (bicyclic) bond motifs is 1. The summed E-state index contributed by atoms with van der Waals surface area (Å²) in [6, 6.07) is 3.99. The lowest BCUT2D eigenvalue weighted by atomic mass is 9.89. The molecule has 1 saturated carbocycles. The standard InChI is InChI=1S/C16H23N3O/c17-13-9-14-12(6-7-16(20)19-14)8-15(13)18-10-11-4-2-1-3-5-11/h8-9,11,18H,1-7,10,17H2,(H,19,20). The molecule has 0 radical (unpaired) electrons. The summed E-state index contributed by atoms with van der Waals surface area (Å²) in [6.07, 6.45) is 8.13. The summed E-state index contributed by atoms with van der Waals surface area (Å²) in [4.78, 5) is 11.4. The number of rotatable bonds is 3. The van der Waals surface area contributed by atoms with Crippen LogP contribution in [0.25, 0.3) is 0 Å². The first kappa shape index (κ1) is 13.3. The van der Waals surface area contributed by atoms with Crippen LogP contribution in [0.4, 0.5) is 17.1 Å². The van der Waals surface area contributed by atoms with E-state index in [1.54, 1.807) is 0 Å². The largest absolute Gasteiger partial charge is 0.397 e. The van der Waals surface area contributed by atoms with Gasteiger partial charge >= 0.3 is 0 Å². The van der Waals surface area contributed by atoms with E-state index in [4.69, 9.17) is 5.73 Å². The number of amides is 1. The highest BCUT2D eigenvalue weighted by molar-refractivity contribution is 5.95. The number of nitrogen functional groups attached to an aromatic ring is 1. The number of hydrogen-bond acceptors (Lipinski definition) is 3. The second kappa shape index (κ2) is 5.73.